The predicted octanol–water partition coefficient (Wildman–Crippen LogP) is 2.89. The SMILES string of the molecule is O=C(Cc1ccc([N+](=O)[O-])cc1)N/N=C/c1ccccc1I. The van der Waals surface area contributed by atoms with E-state index >= 15 is 0 Å². The average molecular weight is 409 g/mol. The first-order valence-electron chi connectivity index (χ1n) is 6.36. The number of hydrazone groups is 1. The Hall–Kier alpha value is -2.29. The van der Waals surface area contributed by atoms with Gasteiger partial charge in [0.05, 0.1) is 17.6 Å². The van der Waals surface area contributed by atoms with Crippen molar-refractivity contribution in [2.45, 2.75) is 6.42 Å². The van der Waals surface area contributed by atoms with Crippen molar-refractivity contribution >= 4 is 40.4 Å². The van der Waals surface area contributed by atoms with Gasteiger partial charge in [-0.1, -0.05) is 30.3 Å². The van der Waals surface area contributed by atoms with Crippen molar-refractivity contribution in [2.75, 3.05) is 0 Å². The Morgan fingerprint density at radius 1 is 1.23 bits per heavy atom. The van der Waals surface area contributed by atoms with Crippen LogP contribution in [0.4, 0.5) is 5.69 Å². The van der Waals surface area contributed by atoms with Crippen molar-refractivity contribution in [2.24, 2.45) is 5.10 Å². The molecule has 6 nitrogen and oxygen atoms in total. The molecule has 0 aromatic heterocycles. The molecular formula is C15H12IN3O3. The van der Waals surface area contributed by atoms with Gasteiger partial charge < -0.3 is 0 Å². The number of non-ortho nitro benzene ring substituents is 1. The molecule has 0 atom stereocenters. The molecule has 1 N–H and O–H groups in total. The lowest BCUT2D eigenvalue weighted by atomic mass is 10.1. The highest BCUT2D eigenvalue weighted by atomic mass is 127. The van der Waals surface area contributed by atoms with Crippen molar-refractivity contribution in [3.63, 3.8) is 0 Å². The molecule has 0 aliphatic heterocycles. The summed E-state index contributed by atoms with van der Waals surface area (Å²) in [6.45, 7) is 0. The van der Waals surface area contributed by atoms with Gasteiger partial charge in [-0.2, -0.15) is 5.10 Å². The highest BCUT2D eigenvalue weighted by Crippen LogP contribution is 2.12. The maximum Gasteiger partial charge on any atom is 0.269 e. The molecule has 0 fully saturated rings. The number of hydrogen-bond acceptors (Lipinski definition) is 4. The Balaban J connectivity index is 1.90. The van der Waals surface area contributed by atoms with Crippen LogP contribution in [-0.2, 0) is 11.2 Å². The van der Waals surface area contributed by atoms with Gasteiger partial charge in [0.15, 0.2) is 0 Å². The summed E-state index contributed by atoms with van der Waals surface area (Å²) < 4.78 is 1.04. The molecule has 0 spiro atoms. The van der Waals surface area contributed by atoms with Crippen LogP contribution in [0.25, 0.3) is 0 Å². The summed E-state index contributed by atoms with van der Waals surface area (Å²) in [7, 11) is 0. The molecule has 0 aliphatic rings. The predicted molar refractivity (Wildman–Crippen MR) is 91.7 cm³/mol. The molecular weight excluding hydrogens is 397 g/mol. The summed E-state index contributed by atoms with van der Waals surface area (Å²) in [5, 5.41) is 14.5. The fourth-order valence-corrected chi connectivity index (χ4v) is 2.24. The molecule has 0 saturated carbocycles. The minimum atomic E-state index is -0.477. The second-order valence-corrected chi connectivity index (χ2v) is 5.58. The number of nitrogens with one attached hydrogen (secondary N) is 1. The number of nitro benzene ring substituents is 1. The molecule has 112 valence electrons. The topological polar surface area (TPSA) is 84.6 Å². The minimum Gasteiger partial charge on any atom is -0.273 e. The van der Waals surface area contributed by atoms with Crippen molar-refractivity contribution in [3.05, 3.63) is 73.3 Å². The van der Waals surface area contributed by atoms with Crippen LogP contribution in [0.5, 0.6) is 0 Å². The maximum atomic E-state index is 11.7. The van der Waals surface area contributed by atoms with Gasteiger partial charge in [-0.05, 0) is 34.2 Å². The standard InChI is InChI=1S/C15H12IN3O3/c16-14-4-2-1-3-12(14)10-17-18-15(20)9-11-5-7-13(8-6-11)19(21)22/h1-8,10H,9H2,(H,18,20)/b17-10+. The first-order valence-corrected chi connectivity index (χ1v) is 7.44. The van der Waals surface area contributed by atoms with E-state index in [2.05, 4.69) is 33.1 Å². The van der Waals surface area contributed by atoms with E-state index < -0.39 is 4.92 Å². The van der Waals surface area contributed by atoms with Crippen molar-refractivity contribution in [1.82, 2.24) is 5.43 Å². The van der Waals surface area contributed by atoms with Crippen molar-refractivity contribution in [3.8, 4) is 0 Å². The quantitative estimate of drug-likeness (QED) is 0.357. The number of amides is 1. The molecule has 0 heterocycles. The van der Waals surface area contributed by atoms with E-state index in [1.54, 1.807) is 18.3 Å². The Kier molecular flexibility index (Phi) is 5.59. The van der Waals surface area contributed by atoms with E-state index in [9.17, 15) is 14.9 Å². The fourth-order valence-electron chi connectivity index (χ4n) is 1.71. The zero-order chi connectivity index (χ0) is 15.9. The molecule has 0 saturated heterocycles. The Morgan fingerprint density at radius 3 is 2.55 bits per heavy atom. The van der Waals surface area contributed by atoms with E-state index in [0.29, 0.717) is 5.56 Å². The summed E-state index contributed by atoms with van der Waals surface area (Å²) in [6, 6.07) is 13.5. The Morgan fingerprint density at radius 2 is 1.91 bits per heavy atom. The second-order valence-electron chi connectivity index (χ2n) is 4.42. The van der Waals surface area contributed by atoms with Crippen LogP contribution in [0.1, 0.15) is 11.1 Å². The highest BCUT2D eigenvalue weighted by molar-refractivity contribution is 14.1. The minimum absolute atomic E-state index is 0.000770. The van der Waals surface area contributed by atoms with Crippen LogP contribution in [0.2, 0.25) is 0 Å². The third-order valence-corrected chi connectivity index (χ3v) is 3.79. The molecule has 2 aromatic rings. The van der Waals surface area contributed by atoms with E-state index in [-0.39, 0.29) is 18.0 Å². The van der Waals surface area contributed by atoms with Gasteiger partial charge in [-0.25, -0.2) is 5.43 Å². The molecule has 0 radical (unpaired) electrons. The molecule has 2 rings (SSSR count). The second kappa shape index (κ2) is 7.64. The van der Waals surface area contributed by atoms with Crippen LogP contribution in [-0.4, -0.2) is 17.0 Å². The monoisotopic (exact) mass is 409 g/mol. The molecule has 7 heteroatoms. The van der Waals surface area contributed by atoms with Gasteiger partial charge in [0.2, 0.25) is 5.91 Å². The smallest absolute Gasteiger partial charge is 0.269 e. The summed E-state index contributed by atoms with van der Waals surface area (Å²) >= 11 is 2.19. The lowest BCUT2D eigenvalue weighted by molar-refractivity contribution is -0.384. The lowest BCUT2D eigenvalue weighted by Crippen LogP contribution is -2.19. The van der Waals surface area contributed by atoms with Gasteiger partial charge in [0, 0.05) is 21.3 Å². The fraction of sp³-hybridized carbons (Fsp3) is 0.0667. The first-order chi connectivity index (χ1) is 10.6. The largest absolute Gasteiger partial charge is 0.273 e. The van der Waals surface area contributed by atoms with Crippen LogP contribution in [0.15, 0.2) is 53.6 Å². The van der Waals surface area contributed by atoms with Crippen LogP contribution >= 0.6 is 22.6 Å². The molecule has 0 aliphatic carbocycles. The Labute approximate surface area is 140 Å². The maximum absolute atomic E-state index is 11.7. The van der Waals surface area contributed by atoms with E-state index in [1.807, 2.05) is 24.3 Å². The molecule has 0 unspecified atom stereocenters. The summed E-state index contributed by atoms with van der Waals surface area (Å²) in [4.78, 5) is 21.8. The number of hydrogen-bond donors (Lipinski definition) is 1. The number of benzene rings is 2. The van der Waals surface area contributed by atoms with E-state index in [0.717, 1.165) is 9.13 Å². The normalized spacial score (nSPS) is 10.6. The molecule has 0 bridgehead atoms. The zero-order valence-electron chi connectivity index (χ0n) is 11.4. The lowest BCUT2D eigenvalue weighted by Gasteiger charge is -2.01. The van der Waals surface area contributed by atoms with Crippen molar-refractivity contribution < 1.29 is 9.72 Å². The molecule has 2 aromatic carbocycles. The first kappa shape index (κ1) is 16.1. The number of carbonyl (C=O) groups excluding carboxylic acids is 1. The highest BCUT2D eigenvalue weighted by Gasteiger charge is 2.06. The van der Waals surface area contributed by atoms with E-state index in [1.165, 1.54) is 12.1 Å². The average Bonchev–Trinajstić information content (AvgIpc) is 2.50. The number of carbonyl (C=O) groups is 1. The number of halogens is 1. The van der Waals surface area contributed by atoms with Gasteiger partial charge in [-0.3, -0.25) is 14.9 Å². The zero-order valence-corrected chi connectivity index (χ0v) is 13.6. The Bertz CT molecular complexity index is 714. The van der Waals surface area contributed by atoms with Crippen LogP contribution in [0, 0.1) is 13.7 Å². The molecule has 22 heavy (non-hydrogen) atoms. The summed E-state index contributed by atoms with van der Waals surface area (Å²) in [6.07, 6.45) is 1.69. The van der Waals surface area contributed by atoms with Gasteiger partial charge in [0.25, 0.3) is 5.69 Å². The van der Waals surface area contributed by atoms with Gasteiger partial charge in [-0.15, -0.1) is 0 Å². The third-order valence-electron chi connectivity index (χ3n) is 2.81. The number of nitro groups is 1. The molecule has 1 amide bonds. The van der Waals surface area contributed by atoms with Crippen molar-refractivity contribution in [1.29, 1.82) is 0 Å². The summed E-state index contributed by atoms with van der Waals surface area (Å²) in [5.74, 6) is -0.281. The summed E-state index contributed by atoms with van der Waals surface area (Å²) in [5.41, 5.74) is 4.04. The van der Waals surface area contributed by atoms with Gasteiger partial charge >= 0.3 is 0 Å². The number of rotatable bonds is 5. The van der Waals surface area contributed by atoms with Crippen LogP contribution < -0.4 is 5.43 Å². The van der Waals surface area contributed by atoms with Gasteiger partial charge in [0.1, 0.15) is 0 Å². The third kappa shape index (κ3) is 4.62. The number of nitrogens with zero attached hydrogens (tertiary/aromatic N) is 2. The van der Waals surface area contributed by atoms with Crippen LogP contribution in [0.3, 0.4) is 0 Å². The van der Waals surface area contributed by atoms with E-state index in [4.69, 9.17) is 0 Å².